The van der Waals surface area contributed by atoms with Crippen molar-refractivity contribution in [2.24, 2.45) is 16.7 Å². The summed E-state index contributed by atoms with van der Waals surface area (Å²) >= 11 is 1.05. The number of rotatable bonds is 10. The van der Waals surface area contributed by atoms with Crippen molar-refractivity contribution in [3.8, 4) is 0 Å². The van der Waals surface area contributed by atoms with Crippen molar-refractivity contribution in [1.82, 2.24) is 5.32 Å². The summed E-state index contributed by atoms with van der Waals surface area (Å²) in [5, 5.41) is 41.8. The second-order valence-electron chi connectivity index (χ2n) is 17.0. The number of aliphatic hydroxyl groups excluding tert-OH is 2. The zero-order chi connectivity index (χ0) is 44.2. The fraction of sp³-hybridized carbons (Fsp3) is 0.467. The molecule has 3 aliphatic carbocycles. The van der Waals surface area contributed by atoms with Crippen molar-refractivity contribution in [2.75, 3.05) is 6.61 Å². The molecule has 324 valence electrons. The third-order valence-electron chi connectivity index (χ3n) is 13.2. The quantitative estimate of drug-likeness (QED) is 0.130. The van der Waals surface area contributed by atoms with Crippen LogP contribution in [0.2, 0.25) is 0 Å². The first-order valence-corrected chi connectivity index (χ1v) is 20.8. The summed E-state index contributed by atoms with van der Waals surface area (Å²) in [7, 11) is 0. The van der Waals surface area contributed by atoms with E-state index in [-0.39, 0.29) is 34.6 Å². The molecule has 11 atom stereocenters. The molecule has 2 saturated carbocycles. The Kier molecular flexibility index (Phi) is 11.6. The number of nitrogens with one attached hydrogen (secondary N) is 1. The summed E-state index contributed by atoms with van der Waals surface area (Å²) in [6.45, 7) is 7.99. The van der Waals surface area contributed by atoms with E-state index in [9.17, 15) is 39.3 Å². The maximum absolute atomic E-state index is 15.4. The lowest BCUT2D eigenvalue weighted by Gasteiger charge is -2.67. The predicted octanol–water partition coefficient (Wildman–Crippen LogP) is 3.80. The minimum absolute atomic E-state index is 0.00305. The molecule has 2 aromatic carbocycles. The summed E-state index contributed by atoms with van der Waals surface area (Å²) < 4.78 is 30.2. The first-order valence-electron chi connectivity index (χ1n) is 20.0. The Morgan fingerprint density at radius 2 is 1.56 bits per heavy atom. The summed E-state index contributed by atoms with van der Waals surface area (Å²) in [5.74, 6) is -6.77. The van der Waals surface area contributed by atoms with Crippen LogP contribution in [0.5, 0.6) is 0 Å². The van der Waals surface area contributed by atoms with Crippen molar-refractivity contribution in [1.29, 1.82) is 0 Å². The zero-order valence-corrected chi connectivity index (χ0v) is 35.3. The van der Waals surface area contributed by atoms with E-state index in [0.29, 0.717) is 5.56 Å². The van der Waals surface area contributed by atoms with Gasteiger partial charge in [-0.2, -0.15) is 0 Å². The number of amides is 1. The molecule has 1 aliphatic heterocycles. The molecule has 61 heavy (non-hydrogen) atoms. The highest BCUT2D eigenvalue weighted by molar-refractivity contribution is 7.11. The van der Waals surface area contributed by atoms with Crippen molar-refractivity contribution in [2.45, 2.75) is 108 Å². The number of fused-ring (bicyclic) bond motifs is 5. The number of aliphatic hydroxyl groups is 3. The van der Waals surface area contributed by atoms with Gasteiger partial charge in [-0.05, 0) is 54.1 Å². The van der Waals surface area contributed by atoms with Crippen LogP contribution in [-0.4, -0.2) is 105 Å². The molecule has 0 unspecified atom stereocenters. The van der Waals surface area contributed by atoms with E-state index in [1.165, 1.54) is 19.9 Å². The normalized spacial score (nSPS) is 32.2. The zero-order valence-electron chi connectivity index (χ0n) is 34.5. The van der Waals surface area contributed by atoms with Gasteiger partial charge in [0.25, 0.3) is 5.91 Å². The molecule has 2 heterocycles. The molecule has 15 nitrogen and oxygen atoms in total. The number of ketones is 1. The van der Waals surface area contributed by atoms with Crippen molar-refractivity contribution < 1.29 is 67.8 Å². The van der Waals surface area contributed by atoms with Crippen LogP contribution in [0.1, 0.15) is 86.0 Å². The lowest BCUT2D eigenvalue weighted by atomic mass is 9.44. The predicted molar refractivity (Wildman–Crippen MR) is 216 cm³/mol. The van der Waals surface area contributed by atoms with Crippen molar-refractivity contribution in [3.05, 3.63) is 105 Å². The van der Waals surface area contributed by atoms with Gasteiger partial charge in [-0.15, -0.1) is 11.3 Å². The second-order valence-corrected chi connectivity index (χ2v) is 17.9. The van der Waals surface area contributed by atoms with Gasteiger partial charge in [-0.3, -0.25) is 19.2 Å². The molecule has 16 heteroatoms. The molecule has 1 amide bonds. The van der Waals surface area contributed by atoms with Crippen molar-refractivity contribution in [3.63, 3.8) is 0 Å². The average Bonchev–Trinajstić information content (AvgIpc) is 3.77. The number of Topliss-reactive ketones (excluding diaryl/α,β-unsaturated/α-hetero) is 1. The highest BCUT2D eigenvalue weighted by Gasteiger charge is 2.78. The van der Waals surface area contributed by atoms with E-state index in [2.05, 4.69) is 5.32 Å². The van der Waals surface area contributed by atoms with Crippen LogP contribution in [-0.2, 0) is 42.9 Å². The smallest absolute Gasteiger partial charge is 0.348 e. The minimum atomic E-state index is -2.37. The minimum Gasteiger partial charge on any atom is -0.456 e. The monoisotopic (exact) mass is 859 g/mol. The molecule has 1 aromatic heterocycles. The summed E-state index contributed by atoms with van der Waals surface area (Å²) in [5.41, 5.74) is -7.02. The molecule has 7 rings (SSSR count). The number of ether oxygens (including phenoxy) is 5. The van der Waals surface area contributed by atoms with E-state index in [1.807, 2.05) is 0 Å². The van der Waals surface area contributed by atoms with Crippen LogP contribution < -0.4 is 5.32 Å². The lowest BCUT2D eigenvalue weighted by molar-refractivity contribution is -0.346. The molecule has 4 aliphatic rings. The average molecular weight is 860 g/mol. The van der Waals surface area contributed by atoms with Crippen LogP contribution in [0.15, 0.2) is 89.3 Å². The van der Waals surface area contributed by atoms with E-state index in [4.69, 9.17) is 23.7 Å². The Morgan fingerprint density at radius 1 is 0.902 bits per heavy atom. The Labute approximate surface area is 356 Å². The van der Waals surface area contributed by atoms with Crippen LogP contribution in [0.25, 0.3) is 0 Å². The van der Waals surface area contributed by atoms with Crippen LogP contribution in [0.4, 0.5) is 0 Å². The molecular weight excluding hydrogens is 811 g/mol. The number of hydrogen-bond donors (Lipinski definition) is 4. The fourth-order valence-electron chi connectivity index (χ4n) is 9.99. The number of hydrogen-bond acceptors (Lipinski definition) is 15. The second kappa shape index (κ2) is 16.2. The van der Waals surface area contributed by atoms with Gasteiger partial charge in [0.05, 0.1) is 30.1 Å². The van der Waals surface area contributed by atoms with E-state index in [1.54, 1.807) is 86.0 Å². The number of carbonyl (C=O) groups excluding carboxylic acids is 6. The molecule has 2 bridgehead atoms. The topological polar surface area (TPSA) is 221 Å². The number of benzene rings is 2. The Morgan fingerprint density at radius 3 is 2.13 bits per heavy atom. The van der Waals surface area contributed by atoms with E-state index in [0.717, 1.165) is 25.2 Å². The van der Waals surface area contributed by atoms with Gasteiger partial charge < -0.3 is 44.3 Å². The summed E-state index contributed by atoms with van der Waals surface area (Å²) in [6, 6.07) is 18.2. The molecule has 4 N–H and O–H groups in total. The molecule has 0 spiro atoms. The largest absolute Gasteiger partial charge is 0.456 e. The first-order chi connectivity index (χ1) is 28.8. The van der Waals surface area contributed by atoms with Gasteiger partial charge in [0.2, 0.25) is 0 Å². The summed E-state index contributed by atoms with van der Waals surface area (Å²) in [4.78, 5) is 83.3. The van der Waals surface area contributed by atoms with Crippen LogP contribution in [0.3, 0.4) is 0 Å². The van der Waals surface area contributed by atoms with Crippen LogP contribution >= 0.6 is 11.3 Å². The number of carbonyl (C=O) groups is 6. The van der Waals surface area contributed by atoms with E-state index >= 15 is 4.79 Å². The van der Waals surface area contributed by atoms with Crippen LogP contribution in [0, 0.1) is 16.7 Å². The van der Waals surface area contributed by atoms with Gasteiger partial charge in [0, 0.05) is 37.7 Å². The number of thiophene rings is 1. The number of esters is 4. The lowest BCUT2D eigenvalue weighted by Crippen LogP contribution is -2.82. The van der Waals surface area contributed by atoms with Gasteiger partial charge in [0.15, 0.2) is 23.6 Å². The van der Waals surface area contributed by atoms with Crippen molar-refractivity contribution >= 4 is 46.9 Å². The highest BCUT2D eigenvalue weighted by Crippen LogP contribution is 2.64. The molecule has 3 aromatic rings. The Balaban J connectivity index is 1.38. The Bertz CT molecular complexity index is 2240. The van der Waals surface area contributed by atoms with Gasteiger partial charge in [0.1, 0.15) is 28.8 Å². The molecule has 3 fully saturated rings. The first kappa shape index (κ1) is 43.8. The molecule has 1 saturated heterocycles. The molecular formula is C45H49NO14S. The molecule has 0 radical (unpaired) electrons. The van der Waals surface area contributed by atoms with Gasteiger partial charge in [-0.1, -0.05) is 68.4 Å². The maximum atomic E-state index is 15.4. The van der Waals surface area contributed by atoms with Gasteiger partial charge >= 0.3 is 23.9 Å². The third kappa shape index (κ3) is 7.27. The highest BCUT2D eigenvalue weighted by atomic mass is 32.1. The van der Waals surface area contributed by atoms with E-state index < -0.39 is 113 Å². The third-order valence-corrected chi connectivity index (χ3v) is 14.0. The SMILES string of the molecule is CC(=O)O[C@H]1C(=O)[C@@]2(C)[C@H]([C@H](OC(=O)c3cccs3)[C@]3(O)C[C@H](OC(=O)[C@H](O)[C@@H](NC(=O)c4ccccc4)c4ccccc4)C(C)=C1C3(C)C)[C@]1(OC(C)=O)CO[C@@H]1C[C@@H]2O. The fourth-order valence-corrected chi connectivity index (χ4v) is 10.6. The Hall–Kier alpha value is -5.26. The maximum Gasteiger partial charge on any atom is 0.348 e. The summed E-state index contributed by atoms with van der Waals surface area (Å²) in [6.07, 6.45) is -10.4. The van der Waals surface area contributed by atoms with Gasteiger partial charge in [-0.25, -0.2) is 9.59 Å². The standard InChI is InChI=1S/C45H49NO14S/c1-23-28(58-41(54)34(50)33(26-14-9-7-10-15-26)46-39(52)27-16-11-8-12-17-27)21-45(55)38(59-40(53)29-18-13-19-61-29)36-43(6,30(49)20-31-44(36,22-56-31)60-25(3)48)37(51)35(57-24(2)47)32(23)42(45,4)5/h7-19,28,30-31,33-36,38,49-50,55H,20-22H2,1-6H3,(H,46,52)/t28-,30-,31+,33-,34+,35+,36-,38-,43+,44-,45+/m0/s1.